The molecular weight excluding hydrogens is 455 g/mol. The molecule has 0 saturated heterocycles. The third kappa shape index (κ3) is 4.01. The van der Waals surface area contributed by atoms with Crippen LogP contribution in [0.3, 0.4) is 0 Å². The van der Waals surface area contributed by atoms with Crippen LogP contribution in [-0.4, -0.2) is 44.0 Å². The van der Waals surface area contributed by atoms with Crippen molar-refractivity contribution < 1.29 is 9.47 Å². The Morgan fingerprint density at radius 2 is 2.20 bits per heavy atom. The van der Waals surface area contributed by atoms with Crippen molar-refractivity contribution in [2.75, 3.05) is 25.6 Å². The summed E-state index contributed by atoms with van der Waals surface area (Å²) in [4.78, 5) is 9.14. The maximum absolute atomic E-state index is 5.69. The fourth-order valence-electron chi connectivity index (χ4n) is 2.38. The number of hydrogen-bond donors (Lipinski definition) is 1. The first-order chi connectivity index (χ1) is 12.2. The zero-order valence-electron chi connectivity index (χ0n) is 14.2. The van der Waals surface area contributed by atoms with E-state index in [4.69, 9.17) is 9.47 Å². The van der Waals surface area contributed by atoms with E-state index in [0.717, 1.165) is 22.4 Å². The number of methoxy groups -OCH3 is 1. The first kappa shape index (κ1) is 18.3. The molecule has 0 aliphatic heterocycles. The smallest absolute Gasteiger partial charge is 0.232 e. The van der Waals surface area contributed by atoms with Gasteiger partial charge in [0.15, 0.2) is 5.65 Å². The second kappa shape index (κ2) is 8.23. The van der Waals surface area contributed by atoms with Crippen molar-refractivity contribution >= 4 is 53.0 Å². The summed E-state index contributed by atoms with van der Waals surface area (Å²) in [6, 6.07) is 1.96. The number of aromatic nitrogens is 5. The van der Waals surface area contributed by atoms with Crippen LogP contribution < -0.4 is 10.1 Å². The summed E-state index contributed by atoms with van der Waals surface area (Å²) in [6.45, 7) is 5.73. The highest BCUT2D eigenvalue weighted by Crippen LogP contribution is 2.30. The average Bonchev–Trinajstić information content (AvgIpc) is 3.17. The summed E-state index contributed by atoms with van der Waals surface area (Å²) in [7, 11) is 3.22. The zero-order chi connectivity index (χ0) is 17.8. The quantitative estimate of drug-likeness (QED) is 0.500. The minimum Gasteiger partial charge on any atom is -0.477 e. The molecule has 0 saturated carbocycles. The van der Waals surface area contributed by atoms with E-state index in [1.54, 1.807) is 16.2 Å². The Bertz CT molecular complexity index is 865. The van der Waals surface area contributed by atoms with Gasteiger partial charge in [-0.3, -0.25) is 8.65 Å². The molecule has 134 valence electrons. The van der Waals surface area contributed by atoms with Crippen molar-refractivity contribution in [2.45, 2.75) is 20.4 Å². The van der Waals surface area contributed by atoms with Crippen LogP contribution in [0.25, 0.3) is 11.0 Å². The zero-order valence-corrected chi connectivity index (χ0v) is 17.2. The van der Waals surface area contributed by atoms with E-state index in [1.165, 1.54) is 0 Å². The summed E-state index contributed by atoms with van der Waals surface area (Å²) in [6.07, 6.45) is 3.88. The SMILES string of the molecule is CCOc1nc(Nc2cn(CCOC)nc2C)nc2c1ccn2SI. The Morgan fingerprint density at radius 1 is 1.36 bits per heavy atom. The Kier molecular flexibility index (Phi) is 6.02. The standard InChI is InChI=1S/C15H19IN6O2S/c1-4-24-14-11-5-6-22(25-16)13(11)18-15(19-14)17-12-9-21(7-8-23-3)20-10(12)2/h5-6,9H,4,7-8H2,1-3H3,(H,17,18,19). The normalized spacial score (nSPS) is 11.2. The molecule has 0 aliphatic rings. The molecule has 25 heavy (non-hydrogen) atoms. The van der Waals surface area contributed by atoms with Gasteiger partial charge in [0.25, 0.3) is 0 Å². The number of aryl methyl sites for hydroxylation is 1. The molecule has 0 aromatic carbocycles. The molecule has 0 bridgehead atoms. The summed E-state index contributed by atoms with van der Waals surface area (Å²) in [5.74, 6) is 1.05. The number of anilines is 2. The Balaban J connectivity index is 1.94. The Labute approximate surface area is 162 Å². The van der Waals surface area contributed by atoms with Crippen molar-refractivity contribution in [3.8, 4) is 5.88 Å². The molecule has 3 heterocycles. The third-order valence-electron chi connectivity index (χ3n) is 3.55. The van der Waals surface area contributed by atoms with Crippen molar-refractivity contribution in [2.24, 2.45) is 0 Å². The van der Waals surface area contributed by atoms with Crippen molar-refractivity contribution in [3.05, 3.63) is 24.2 Å². The Morgan fingerprint density at radius 3 is 2.92 bits per heavy atom. The van der Waals surface area contributed by atoms with E-state index < -0.39 is 0 Å². The van der Waals surface area contributed by atoms with Crippen LogP contribution in [-0.2, 0) is 11.3 Å². The van der Waals surface area contributed by atoms with Gasteiger partial charge >= 0.3 is 0 Å². The minimum atomic E-state index is 0.482. The lowest BCUT2D eigenvalue weighted by atomic mass is 10.4. The van der Waals surface area contributed by atoms with Crippen LogP contribution in [0.15, 0.2) is 18.5 Å². The van der Waals surface area contributed by atoms with Gasteiger partial charge in [-0.25, -0.2) is 0 Å². The van der Waals surface area contributed by atoms with Crippen LogP contribution >= 0.6 is 30.3 Å². The van der Waals surface area contributed by atoms with Gasteiger partial charge < -0.3 is 14.8 Å². The van der Waals surface area contributed by atoms with Gasteiger partial charge in [-0.1, -0.05) is 0 Å². The molecule has 0 unspecified atom stereocenters. The number of hydrogen-bond acceptors (Lipinski definition) is 7. The maximum Gasteiger partial charge on any atom is 0.232 e. The van der Waals surface area contributed by atoms with Gasteiger partial charge in [0, 0.05) is 49.8 Å². The van der Waals surface area contributed by atoms with Gasteiger partial charge in [0.05, 0.1) is 36.5 Å². The Hall–Kier alpha value is -1.53. The van der Waals surface area contributed by atoms with Crippen molar-refractivity contribution in [1.82, 2.24) is 23.7 Å². The third-order valence-corrected chi connectivity index (χ3v) is 5.27. The number of nitrogens with one attached hydrogen (secondary N) is 1. The van der Waals surface area contributed by atoms with Gasteiger partial charge in [-0.15, -0.1) is 0 Å². The van der Waals surface area contributed by atoms with Gasteiger partial charge in [-0.2, -0.15) is 15.1 Å². The lowest BCUT2D eigenvalue weighted by molar-refractivity contribution is 0.183. The highest BCUT2D eigenvalue weighted by Gasteiger charge is 2.14. The van der Waals surface area contributed by atoms with Gasteiger partial charge in [0.1, 0.15) is 0 Å². The molecule has 0 amide bonds. The van der Waals surface area contributed by atoms with Crippen molar-refractivity contribution in [1.29, 1.82) is 0 Å². The molecular formula is C15H19IN6O2S. The predicted octanol–water partition coefficient (Wildman–Crippen LogP) is 3.57. The van der Waals surface area contributed by atoms with Gasteiger partial charge in [-0.05, 0) is 19.9 Å². The van der Waals surface area contributed by atoms with E-state index in [0.29, 0.717) is 31.6 Å². The van der Waals surface area contributed by atoms with Crippen LogP contribution in [0.4, 0.5) is 11.6 Å². The number of halogens is 1. The monoisotopic (exact) mass is 474 g/mol. The maximum atomic E-state index is 5.69. The second-order valence-electron chi connectivity index (χ2n) is 5.24. The first-order valence-corrected chi connectivity index (χ1v) is 11.1. The number of rotatable bonds is 8. The number of ether oxygens (including phenoxy) is 2. The summed E-state index contributed by atoms with van der Waals surface area (Å²) < 4.78 is 14.6. The summed E-state index contributed by atoms with van der Waals surface area (Å²) in [5.41, 5.74) is 2.54. The lowest BCUT2D eigenvalue weighted by Gasteiger charge is -2.08. The molecule has 0 radical (unpaired) electrons. The van der Waals surface area contributed by atoms with Crippen LogP contribution in [0, 0.1) is 6.92 Å². The second-order valence-corrected chi connectivity index (χ2v) is 6.96. The molecule has 0 fully saturated rings. The molecule has 0 aliphatic carbocycles. The van der Waals surface area contributed by atoms with E-state index in [9.17, 15) is 0 Å². The molecule has 3 aromatic heterocycles. The fourth-order valence-corrected chi connectivity index (χ4v) is 3.65. The van der Waals surface area contributed by atoms with E-state index >= 15 is 0 Å². The fraction of sp³-hybridized carbons (Fsp3) is 0.400. The predicted molar refractivity (Wildman–Crippen MR) is 108 cm³/mol. The number of fused-ring (bicyclic) bond motifs is 1. The molecule has 3 aromatic rings. The molecule has 1 N–H and O–H groups in total. The molecule has 0 atom stereocenters. The molecule has 0 spiro atoms. The van der Waals surface area contributed by atoms with Crippen LogP contribution in [0.1, 0.15) is 12.6 Å². The lowest BCUT2D eigenvalue weighted by Crippen LogP contribution is -2.04. The highest BCUT2D eigenvalue weighted by molar-refractivity contribution is 14.2. The first-order valence-electron chi connectivity index (χ1n) is 7.77. The number of nitrogens with zero attached hydrogens (tertiary/aromatic N) is 5. The van der Waals surface area contributed by atoms with E-state index in [2.05, 4.69) is 41.6 Å². The average molecular weight is 474 g/mol. The van der Waals surface area contributed by atoms with Crippen molar-refractivity contribution in [3.63, 3.8) is 0 Å². The topological polar surface area (TPSA) is 79.0 Å². The van der Waals surface area contributed by atoms with Crippen LogP contribution in [0.2, 0.25) is 0 Å². The largest absolute Gasteiger partial charge is 0.477 e. The summed E-state index contributed by atoms with van der Waals surface area (Å²) in [5, 5.41) is 8.61. The van der Waals surface area contributed by atoms with Gasteiger partial charge in [0.2, 0.25) is 11.8 Å². The molecule has 10 heteroatoms. The minimum absolute atomic E-state index is 0.482. The highest BCUT2D eigenvalue weighted by atomic mass is 127. The molecule has 8 nitrogen and oxygen atoms in total. The van der Waals surface area contributed by atoms with E-state index in [-0.39, 0.29) is 0 Å². The van der Waals surface area contributed by atoms with Crippen LogP contribution in [0.5, 0.6) is 5.88 Å². The molecule has 3 rings (SSSR count). The van der Waals surface area contributed by atoms with E-state index in [1.807, 2.05) is 41.0 Å². The summed E-state index contributed by atoms with van der Waals surface area (Å²) >= 11 is 2.22.